The van der Waals surface area contributed by atoms with Gasteiger partial charge < -0.3 is 9.64 Å². The van der Waals surface area contributed by atoms with Gasteiger partial charge in [-0.1, -0.05) is 17.7 Å². The molecular formula is C15H20Cl2N2O2. The fourth-order valence-corrected chi connectivity index (χ4v) is 2.78. The van der Waals surface area contributed by atoms with Crippen LogP contribution in [0.5, 0.6) is 5.75 Å². The summed E-state index contributed by atoms with van der Waals surface area (Å²) in [6.07, 6.45) is -0.511. The largest absolute Gasteiger partial charge is 0.481 e. The molecule has 1 aromatic carbocycles. The Morgan fingerprint density at radius 3 is 2.67 bits per heavy atom. The van der Waals surface area contributed by atoms with Gasteiger partial charge in [-0.05, 0) is 25.1 Å². The molecule has 1 aliphatic heterocycles. The normalized spacial score (nSPS) is 17.6. The van der Waals surface area contributed by atoms with Crippen LogP contribution in [0.4, 0.5) is 0 Å². The standard InChI is InChI=1S/C15H20Cl2N2O2/c1-12(21-14-4-2-3-13(17)11-14)15(20)19-9-7-18(6-5-16)8-10-19/h2-4,11-12H,5-10H2,1H3. The number of halogens is 2. The smallest absolute Gasteiger partial charge is 0.263 e. The number of piperazine rings is 1. The Labute approximate surface area is 135 Å². The third-order valence-electron chi connectivity index (χ3n) is 3.54. The lowest BCUT2D eigenvalue weighted by molar-refractivity contribution is -0.139. The summed E-state index contributed by atoms with van der Waals surface area (Å²) < 4.78 is 5.67. The van der Waals surface area contributed by atoms with E-state index in [1.165, 1.54) is 0 Å². The van der Waals surface area contributed by atoms with Crippen molar-refractivity contribution in [3.8, 4) is 5.75 Å². The van der Waals surface area contributed by atoms with Crippen LogP contribution in [-0.2, 0) is 4.79 Å². The van der Waals surface area contributed by atoms with Crippen molar-refractivity contribution in [3.63, 3.8) is 0 Å². The molecule has 0 bridgehead atoms. The average molecular weight is 331 g/mol. The third-order valence-corrected chi connectivity index (χ3v) is 3.95. The van der Waals surface area contributed by atoms with E-state index in [2.05, 4.69) is 4.90 Å². The Kier molecular flexibility index (Phi) is 6.15. The van der Waals surface area contributed by atoms with Crippen molar-refractivity contribution >= 4 is 29.1 Å². The molecule has 1 aliphatic rings. The van der Waals surface area contributed by atoms with Crippen LogP contribution >= 0.6 is 23.2 Å². The van der Waals surface area contributed by atoms with E-state index >= 15 is 0 Å². The maximum atomic E-state index is 12.4. The first kappa shape index (κ1) is 16.4. The average Bonchev–Trinajstić information content (AvgIpc) is 2.47. The van der Waals surface area contributed by atoms with E-state index in [9.17, 15) is 4.79 Å². The number of ether oxygens (including phenoxy) is 1. The minimum atomic E-state index is -0.511. The number of carbonyl (C=O) groups excluding carboxylic acids is 1. The summed E-state index contributed by atoms with van der Waals surface area (Å²) in [6, 6.07) is 7.09. The lowest BCUT2D eigenvalue weighted by Crippen LogP contribution is -2.52. The fourth-order valence-electron chi connectivity index (χ4n) is 2.36. The highest BCUT2D eigenvalue weighted by Gasteiger charge is 2.25. The molecule has 0 saturated carbocycles. The summed E-state index contributed by atoms with van der Waals surface area (Å²) in [5, 5.41) is 0.599. The molecule has 2 rings (SSSR count). The molecule has 1 aromatic rings. The first-order chi connectivity index (χ1) is 10.1. The van der Waals surface area contributed by atoms with Gasteiger partial charge in [-0.25, -0.2) is 0 Å². The van der Waals surface area contributed by atoms with Crippen LogP contribution in [0, 0.1) is 0 Å². The summed E-state index contributed by atoms with van der Waals surface area (Å²) >= 11 is 11.6. The predicted octanol–water partition coefficient (Wildman–Crippen LogP) is 2.49. The first-order valence-corrected chi connectivity index (χ1v) is 8.00. The molecule has 0 spiro atoms. The number of alkyl halides is 1. The molecule has 4 nitrogen and oxygen atoms in total. The topological polar surface area (TPSA) is 32.8 Å². The molecule has 0 aliphatic carbocycles. The lowest BCUT2D eigenvalue weighted by atomic mass is 10.2. The molecule has 1 fully saturated rings. The van der Waals surface area contributed by atoms with Crippen molar-refractivity contribution in [2.24, 2.45) is 0 Å². The molecule has 0 aromatic heterocycles. The lowest BCUT2D eigenvalue weighted by Gasteiger charge is -2.35. The van der Waals surface area contributed by atoms with E-state index in [4.69, 9.17) is 27.9 Å². The highest BCUT2D eigenvalue weighted by atomic mass is 35.5. The maximum Gasteiger partial charge on any atom is 0.263 e. The summed E-state index contributed by atoms with van der Waals surface area (Å²) in [5.41, 5.74) is 0. The van der Waals surface area contributed by atoms with Crippen molar-refractivity contribution in [2.45, 2.75) is 13.0 Å². The van der Waals surface area contributed by atoms with Gasteiger partial charge in [-0.3, -0.25) is 9.69 Å². The van der Waals surface area contributed by atoms with Crippen LogP contribution in [0.1, 0.15) is 6.92 Å². The molecule has 0 N–H and O–H groups in total. The molecule has 1 atom stereocenters. The Morgan fingerprint density at radius 1 is 1.33 bits per heavy atom. The van der Waals surface area contributed by atoms with Crippen molar-refractivity contribution in [1.82, 2.24) is 9.80 Å². The van der Waals surface area contributed by atoms with Crippen LogP contribution in [0.2, 0.25) is 5.02 Å². The Morgan fingerprint density at radius 2 is 2.05 bits per heavy atom. The first-order valence-electron chi connectivity index (χ1n) is 7.09. The molecule has 0 radical (unpaired) electrons. The molecule has 1 saturated heterocycles. The number of amides is 1. The van der Waals surface area contributed by atoms with Crippen molar-refractivity contribution in [1.29, 1.82) is 0 Å². The highest BCUT2D eigenvalue weighted by molar-refractivity contribution is 6.30. The number of hydrogen-bond donors (Lipinski definition) is 0. The van der Waals surface area contributed by atoms with Gasteiger partial charge in [-0.2, -0.15) is 0 Å². The Hall–Kier alpha value is -0.970. The van der Waals surface area contributed by atoms with Gasteiger partial charge in [0, 0.05) is 43.6 Å². The second-order valence-electron chi connectivity index (χ2n) is 5.07. The molecule has 1 heterocycles. The Bertz CT molecular complexity index is 476. The van der Waals surface area contributed by atoms with E-state index in [1.807, 2.05) is 4.90 Å². The third kappa shape index (κ3) is 4.77. The van der Waals surface area contributed by atoms with Gasteiger partial charge in [0.1, 0.15) is 5.75 Å². The zero-order chi connectivity index (χ0) is 15.2. The minimum Gasteiger partial charge on any atom is -0.481 e. The number of rotatable bonds is 5. The van der Waals surface area contributed by atoms with Crippen molar-refractivity contribution in [2.75, 3.05) is 38.6 Å². The van der Waals surface area contributed by atoms with Gasteiger partial charge in [0.2, 0.25) is 0 Å². The second kappa shape index (κ2) is 7.87. The summed E-state index contributed by atoms with van der Waals surface area (Å²) in [7, 11) is 0. The van der Waals surface area contributed by atoms with Crippen molar-refractivity contribution in [3.05, 3.63) is 29.3 Å². The van der Waals surface area contributed by atoms with E-state index in [1.54, 1.807) is 31.2 Å². The molecule has 21 heavy (non-hydrogen) atoms. The van der Waals surface area contributed by atoms with Crippen LogP contribution in [-0.4, -0.2) is 60.4 Å². The summed E-state index contributed by atoms with van der Waals surface area (Å²) in [4.78, 5) is 16.5. The van der Waals surface area contributed by atoms with E-state index in [-0.39, 0.29) is 5.91 Å². The zero-order valence-corrected chi connectivity index (χ0v) is 13.6. The van der Waals surface area contributed by atoms with Crippen molar-refractivity contribution < 1.29 is 9.53 Å². The zero-order valence-electron chi connectivity index (χ0n) is 12.1. The van der Waals surface area contributed by atoms with E-state index in [0.717, 1.165) is 32.7 Å². The minimum absolute atomic E-state index is 0.0144. The van der Waals surface area contributed by atoms with Gasteiger partial charge in [0.25, 0.3) is 5.91 Å². The van der Waals surface area contributed by atoms with E-state index in [0.29, 0.717) is 16.7 Å². The number of carbonyl (C=O) groups is 1. The molecule has 116 valence electrons. The van der Waals surface area contributed by atoms with Crippen LogP contribution in [0.3, 0.4) is 0 Å². The van der Waals surface area contributed by atoms with Gasteiger partial charge in [0.15, 0.2) is 6.10 Å². The second-order valence-corrected chi connectivity index (χ2v) is 5.89. The SMILES string of the molecule is CC(Oc1cccc(Cl)c1)C(=O)N1CCN(CCCl)CC1. The quantitative estimate of drug-likeness (QED) is 0.777. The monoisotopic (exact) mass is 330 g/mol. The fraction of sp³-hybridized carbons (Fsp3) is 0.533. The van der Waals surface area contributed by atoms with Crippen LogP contribution in [0.15, 0.2) is 24.3 Å². The number of hydrogen-bond acceptors (Lipinski definition) is 3. The summed E-state index contributed by atoms with van der Waals surface area (Å²) in [6.45, 7) is 5.81. The number of nitrogens with zero attached hydrogens (tertiary/aromatic N) is 2. The predicted molar refractivity (Wildman–Crippen MR) is 85.3 cm³/mol. The summed E-state index contributed by atoms with van der Waals surface area (Å²) in [5.74, 6) is 1.26. The van der Waals surface area contributed by atoms with Gasteiger partial charge in [0.05, 0.1) is 0 Å². The van der Waals surface area contributed by atoms with Crippen LogP contribution < -0.4 is 4.74 Å². The van der Waals surface area contributed by atoms with Gasteiger partial charge in [-0.15, -0.1) is 11.6 Å². The maximum absolute atomic E-state index is 12.4. The Balaban J connectivity index is 1.85. The molecule has 6 heteroatoms. The molecule has 1 unspecified atom stereocenters. The molecule has 1 amide bonds. The van der Waals surface area contributed by atoms with E-state index < -0.39 is 6.10 Å². The van der Waals surface area contributed by atoms with Crippen LogP contribution in [0.25, 0.3) is 0 Å². The van der Waals surface area contributed by atoms with Gasteiger partial charge >= 0.3 is 0 Å². The number of benzene rings is 1. The highest BCUT2D eigenvalue weighted by Crippen LogP contribution is 2.19. The molecular weight excluding hydrogens is 311 g/mol.